The summed E-state index contributed by atoms with van der Waals surface area (Å²) in [4.78, 5) is 7.04. The van der Waals surface area contributed by atoms with E-state index in [9.17, 15) is 0 Å². The minimum Gasteiger partial charge on any atom is -0.381 e. The van der Waals surface area contributed by atoms with Crippen molar-refractivity contribution < 1.29 is 9.47 Å². The molecule has 0 aromatic carbocycles. The van der Waals surface area contributed by atoms with Gasteiger partial charge in [0, 0.05) is 57.1 Å². The highest BCUT2D eigenvalue weighted by Gasteiger charge is 2.55. The molecule has 1 aliphatic carbocycles. The van der Waals surface area contributed by atoms with Gasteiger partial charge in [0.1, 0.15) is 5.82 Å². The molecule has 1 aromatic heterocycles. The summed E-state index contributed by atoms with van der Waals surface area (Å²) in [5, 5.41) is 3.83. The third kappa shape index (κ3) is 3.62. The Balaban J connectivity index is 1.37. The summed E-state index contributed by atoms with van der Waals surface area (Å²) in [6.07, 6.45) is 9.65. The summed E-state index contributed by atoms with van der Waals surface area (Å²) in [6.45, 7) is 7.86. The van der Waals surface area contributed by atoms with Gasteiger partial charge >= 0.3 is 0 Å². The fourth-order valence-electron chi connectivity index (χ4n) is 5.00. The molecule has 144 valence electrons. The van der Waals surface area contributed by atoms with Gasteiger partial charge in [0.2, 0.25) is 0 Å². The van der Waals surface area contributed by atoms with Crippen molar-refractivity contribution in [3.8, 4) is 0 Å². The van der Waals surface area contributed by atoms with Gasteiger partial charge in [-0.3, -0.25) is 0 Å². The predicted octanol–water partition coefficient (Wildman–Crippen LogP) is 3.14. The molecule has 2 saturated heterocycles. The summed E-state index contributed by atoms with van der Waals surface area (Å²) in [5.41, 5.74) is 1.61. The van der Waals surface area contributed by atoms with Crippen LogP contribution in [-0.2, 0) is 16.0 Å². The zero-order chi connectivity index (χ0) is 17.8. The monoisotopic (exact) mass is 359 g/mol. The maximum absolute atomic E-state index is 6.04. The van der Waals surface area contributed by atoms with Crippen LogP contribution < -0.4 is 10.2 Å². The first kappa shape index (κ1) is 18.2. The highest BCUT2D eigenvalue weighted by molar-refractivity contribution is 5.41. The fraction of sp³-hybridized carbons (Fsp3) is 0.762. The van der Waals surface area contributed by atoms with Crippen LogP contribution in [0.1, 0.15) is 51.0 Å². The van der Waals surface area contributed by atoms with Crippen LogP contribution in [0.5, 0.6) is 0 Å². The Labute approximate surface area is 157 Å². The van der Waals surface area contributed by atoms with Gasteiger partial charge in [0.25, 0.3) is 0 Å². The zero-order valence-electron chi connectivity index (χ0n) is 16.1. The van der Waals surface area contributed by atoms with E-state index in [-0.39, 0.29) is 5.41 Å². The van der Waals surface area contributed by atoms with Crippen LogP contribution in [0, 0.1) is 5.41 Å². The molecular weight excluding hydrogens is 326 g/mol. The molecule has 1 saturated carbocycles. The van der Waals surface area contributed by atoms with E-state index in [0.29, 0.717) is 12.1 Å². The Morgan fingerprint density at radius 3 is 2.85 bits per heavy atom. The summed E-state index contributed by atoms with van der Waals surface area (Å²) in [5.74, 6) is 1.14. The first-order valence-electron chi connectivity index (χ1n) is 10.4. The lowest BCUT2D eigenvalue weighted by Gasteiger charge is -2.57. The molecule has 3 fully saturated rings. The number of piperidine rings is 1. The first-order valence-corrected chi connectivity index (χ1v) is 10.4. The Morgan fingerprint density at radius 1 is 1.27 bits per heavy atom. The van der Waals surface area contributed by atoms with Gasteiger partial charge in [-0.2, -0.15) is 0 Å². The van der Waals surface area contributed by atoms with E-state index in [1.807, 2.05) is 6.20 Å². The van der Waals surface area contributed by atoms with Gasteiger partial charge in [-0.05, 0) is 63.1 Å². The van der Waals surface area contributed by atoms with Crippen molar-refractivity contribution in [1.29, 1.82) is 0 Å². The van der Waals surface area contributed by atoms with Gasteiger partial charge in [-0.1, -0.05) is 0 Å². The number of pyridine rings is 1. The molecule has 5 nitrogen and oxygen atoms in total. The summed E-state index contributed by atoms with van der Waals surface area (Å²) < 4.78 is 11.7. The minimum absolute atomic E-state index is 0.275. The maximum Gasteiger partial charge on any atom is 0.128 e. The van der Waals surface area contributed by atoms with Crippen LogP contribution in [0.3, 0.4) is 0 Å². The lowest BCUT2D eigenvalue weighted by Crippen LogP contribution is -2.65. The van der Waals surface area contributed by atoms with Crippen molar-refractivity contribution in [1.82, 2.24) is 10.3 Å². The van der Waals surface area contributed by atoms with E-state index < -0.39 is 0 Å². The molecule has 0 bridgehead atoms. The van der Waals surface area contributed by atoms with Crippen molar-refractivity contribution in [2.75, 3.05) is 37.8 Å². The second-order valence-electron chi connectivity index (χ2n) is 8.03. The summed E-state index contributed by atoms with van der Waals surface area (Å²) in [6, 6.07) is 4.96. The van der Waals surface area contributed by atoms with Crippen LogP contribution in [-0.4, -0.2) is 50.0 Å². The number of ether oxygens (including phenoxy) is 2. The maximum atomic E-state index is 6.04. The van der Waals surface area contributed by atoms with E-state index in [1.165, 1.54) is 24.8 Å². The summed E-state index contributed by atoms with van der Waals surface area (Å²) in [7, 11) is 0. The molecular formula is C21H33N3O2. The number of hydrogen-bond acceptors (Lipinski definition) is 5. The number of hydrogen-bond donors (Lipinski definition) is 1. The van der Waals surface area contributed by atoms with Crippen molar-refractivity contribution in [2.45, 2.75) is 64.1 Å². The normalized spacial score (nSPS) is 28.1. The number of nitrogens with zero attached hydrogens (tertiary/aromatic N) is 2. The van der Waals surface area contributed by atoms with Gasteiger partial charge in [0.05, 0.1) is 6.10 Å². The van der Waals surface area contributed by atoms with E-state index in [2.05, 4.69) is 34.3 Å². The van der Waals surface area contributed by atoms with E-state index >= 15 is 0 Å². The van der Waals surface area contributed by atoms with E-state index in [0.717, 1.165) is 64.5 Å². The second kappa shape index (κ2) is 8.24. The van der Waals surface area contributed by atoms with Gasteiger partial charge in [0.15, 0.2) is 0 Å². The Morgan fingerprint density at radius 2 is 2.08 bits per heavy atom. The molecule has 1 aromatic rings. The third-order valence-corrected chi connectivity index (χ3v) is 6.62. The lowest BCUT2D eigenvalue weighted by atomic mass is 9.57. The topological polar surface area (TPSA) is 46.6 Å². The highest BCUT2D eigenvalue weighted by Crippen LogP contribution is 2.50. The van der Waals surface area contributed by atoms with E-state index in [1.54, 1.807) is 0 Å². The fourth-order valence-corrected chi connectivity index (χ4v) is 5.00. The average molecular weight is 360 g/mol. The van der Waals surface area contributed by atoms with Crippen molar-refractivity contribution in [3.05, 3.63) is 23.9 Å². The zero-order valence-corrected chi connectivity index (χ0v) is 16.1. The Kier molecular flexibility index (Phi) is 5.77. The molecule has 26 heavy (non-hydrogen) atoms. The molecule has 2 atom stereocenters. The van der Waals surface area contributed by atoms with Gasteiger partial charge in [-0.15, -0.1) is 0 Å². The molecule has 2 aliphatic heterocycles. The standard InChI is InChI=1S/C21H33N3O2/c1-2-26-19-15-18(21(19)7-12-25-13-8-21)23-16-17-6-9-22-20(14-17)24-10-4-3-5-11-24/h6,9,14,18-19,23H,2-5,7-8,10-13,15-16H2,1H3/t18-,19-/m1/s1. The lowest BCUT2D eigenvalue weighted by molar-refractivity contribution is -0.173. The molecule has 0 amide bonds. The predicted molar refractivity (Wildman–Crippen MR) is 103 cm³/mol. The van der Waals surface area contributed by atoms with Crippen molar-refractivity contribution in [2.24, 2.45) is 5.41 Å². The largest absolute Gasteiger partial charge is 0.381 e. The van der Waals surface area contributed by atoms with Gasteiger partial charge in [-0.25, -0.2) is 4.98 Å². The first-order chi connectivity index (χ1) is 12.8. The van der Waals surface area contributed by atoms with Crippen LogP contribution in [0.15, 0.2) is 18.3 Å². The Bertz CT molecular complexity index is 582. The number of nitrogens with one attached hydrogen (secondary N) is 1. The molecule has 3 aliphatic rings. The highest BCUT2D eigenvalue weighted by atomic mass is 16.5. The Hall–Kier alpha value is -1.17. The third-order valence-electron chi connectivity index (χ3n) is 6.62. The molecule has 4 rings (SSSR count). The van der Waals surface area contributed by atoms with Crippen molar-refractivity contribution >= 4 is 5.82 Å². The molecule has 3 heterocycles. The van der Waals surface area contributed by atoms with Gasteiger partial charge < -0.3 is 19.7 Å². The van der Waals surface area contributed by atoms with E-state index in [4.69, 9.17) is 9.47 Å². The number of rotatable bonds is 6. The van der Waals surface area contributed by atoms with Crippen LogP contribution in [0.4, 0.5) is 5.82 Å². The molecule has 5 heteroatoms. The molecule has 0 unspecified atom stereocenters. The summed E-state index contributed by atoms with van der Waals surface area (Å²) >= 11 is 0. The second-order valence-corrected chi connectivity index (χ2v) is 8.03. The van der Waals surface area contributed by atoms with Crippen molar-refractivity contribution in [3.63, 3.8) is 0 Å². The van der Waals surface area contributed by atoms with Crippen LogP contribution in [0.25, 0.3) is 0 Å². The van der Waals surface area contributed by atoms with Crippen LogP contribution >= 0.6 is 0 Å². The molecule has 0 radical (unpaired) electrons. The minimum atomic E-state index is 0.275. The smallest absolute Gasteiger partial charge is 0.128 e. The molecule has 1 N–H and O–H groups in total. The number of aromatic nitrogens is 1. The quantitative estimate of drug-likeness (QED) is 0.845. The van der Waals surface area contributed by atoms with Crippen LogP contribution in [0.2, 0.25) is 0 Å². The molecule has 1 spiro atoms. The average Bonchev–Trinajstić information content (AvgIpc) is 2.71. The SMILES string of the molecule is CCO[C@@H]1C[C@@H](NCc2ccnc(N3CCCCC3)c2)C12CCOCC2. The number of anilines is 1.